The smallest absolute Gasteiger partial charge is 0.368 e. The predicted octanol–water partition coefficient (Wildman–Crippen LogP) is 3.01. The molecule has 1 unspecified atom stereocenters. The van der Waals surface area contributed by atoms with Gasteiger partial charge in [-0.1, -0.05) is 6.07 Å². The van der Waals surface area contributed by atoms with Crippen molar-refractivity contribution >= 4 is 38.6 Å². The number of anilines is 1. The summed E-state index contributed by atoms with van der Waals surface area (Å²) >= 11 is 1.10. The molecule has 1 atom stereocenters. The lowest BCUT2D eigenvalue weighted by Gasteiger charge is -2.35. The molecular formula is C18H19F3N4O5S2. The van der Waals surface area contributed by atoms with E-state index in [1.165, 1.54) is 22.2 Å². The average molecular weight is 493 g/mol. The molecular weight excluding hydrogens is 473 g/mol. The van der Waals surface area contributed by atoms with Gasteiger partial charge >= 0.3 is 6.18 Å². The van der Waals surface area contributed by atoms with E-state index in [0.29, 0.717) is 12.1 Å². The number of thiophene rings is 1. The Labute approximate surface area is 185 Å². The van der Waals surface area contributed by atoms with Gasteiger partial charge in [-0.25, -0.2) is 8.42 Å². The molecule has 2 aromatic rings. The molecule has 0 bridgehead atoms. The number of rotatable bonds is 6. The van der Waals surface area contributed by atoms with Gasteiger partial charge < -0.3 is 10.2 Å². The monoisotopic (exact) mass is 492 g/mol. The topological polar surface area (TPSA) is 113 Å². The van der Waals surface area contributed by atoms with Gasteiger partial charge in [0, 0.05) is 32.2 Å². The van der Waals surface area contributed by atoms with Gasteiger partial charge in [-0.15, -0.1) is 11.3 Å². The van der Waals surface area contributed by atoms with Crippen LogP contribution in [-0.2, 0) is 21.0 Å². The van der Waals surface area contributed by atoms with Crippen molar-refractivity contribution in [2.24, 2.45) is 0 Å². The van der Waals surface area contributed by atoms with Crippen LogP contribution in [0.1, 0.15) is 12.5 Å². The van der Waals surface area contributed by atoms with Gasteiger partial charge in [-0.3, -0.25) is 14.9 Å². The normalized spacial score (nSPS) is 16.6. The van der Waals surface area contributed by atoms with E-state index in [4.69, 9.17) is 0 Å². The second-order valence-electron chi connectivity index (χ2n) is 7.01. The van der Waals surface area contributed by atoms with E-state index in [1.807, 2.05) is 0 Å². The van der Waals surface area contributed by atoms with Crippen LogP contribution in [0.2, 0.25) is 0 Å². The second-order valence-corrected chi connectivity index (χ2v) is 10.1. The van der Waals surface area contributed by atoms with Crippen LogP contribution in [0.15, 0.2) is 39.9 Å². The summed E-state index contributed by atoms with van der Waals surface area (Å²) in [6.07, 6.45) is -4.74. The number of carbonyl (C=O) groups excluding carboxylic acids is 1. The summed E-state index contributed by atoms with van der Waals surface area (Å²) in [5.74, 6) is -0.452. The van der Waals surface area contributed by atoms with Crippen molar-refractivity contribution in [1.82, 2.24) is 9.21 Å². The minimum Gasteiger partial charge on any atom is -0.368 e. The first kappa shape index (κ1) is 23.9. The van der Waals surface area contributed by atoms with Crippen molar-refractivity contribution in [1.29, 1.82) is 0 Å². The van der Waals surface area contributed by atoms with Gasteiger partial charge in [-0.05, 0) is 30.5 Å². The summed E-state index contributed by atoms with van der Waals surface area (Å²) in [6.45, 7) is 1.83. The van der Waals surface area contributed by atoms with Crippen LogP contribution in [0.5, 0.6) is 0 Å². The molecule has 14 heteroatoms. The van der Waals surface area contributed by atoms with E-state index in [-0.39, 0.29) is 36.1 Å². The molecule has 0 saturated carbocycles. The maximum Gasteiger partial charge on any atom is 0.416 e. The minimum absolute atomic E-state index is 0.0825. The second kappa shape index (κ2) is 9.03. The molecule has 1 aliphatic heterocycles. The Bertz CT molecular complexity index is 1100. The Morgan fingerprint density at radius 2 is 1.88 bits per heavy atom. The van der Waals surface area contributed by atoms with E-state index in [9.17, 15) is 36.5 Å². The van der Waals surface area contributed by atoms with E-state index >= 15 is 0 Å². The Morgan fingerprint density at radius 3 is 2.41 bits per heavy atom. The van der Waals surface area contributed by atoms with Crippen LogP contribution in [0.25, 0.3) is 0 Å². The molecule has 1 fully saturated rings. The fourth-order valence-electron chi connectivity index (χ4n) is 3.24. The van der Waals surface area contributed by atoms with Gasteiger partial charge in [0.2, 0.25) is 5.91 Å². The minimum atomic E-state index is -4.74. The molecule has 9 nitrogen and oxygen atoms in total. The standard InChI is InChI=1S/C18H19F3N4O5S2/c1-12(22-14-5-4-13(18(19,20)21)11-15(14)25(27)28)17(26)23-6-8-24(9-7-23)32(29,30)16-3-2-10-31-16/h2-5,10-12,22H,6-9H2,1H3. The summed E-state index contributed by atoms with van der Waals surface area (Å²) < 4.78 is 65.2. The summed E-state index contributed by atoms with van der Waals surface area (Å²) in [5.41, 5.74) is -2.19. The van der Waals surface area contributed by atoms with Crippen LogP contribution < -0.4 is 5.32 Å². The number of carbonyl (C=O) groups is 1. The molecule has 32 heavy (non-hydrogen) atoms. The quantitative estimate of drug-likeness (QED) is 0.490. The molecule has 1 N–H and O–H groups in total. The number of hydrogen-bond donors (Lipinski definition) is 1. The largest absolute Gasteiger partial charge is 0.416 e. The van der Waals surface area contributed by atoms with Gasteiger partial charge in [-0.2, -0.15) is 17.5 Å². The highest BCUT2D eigenvalue weighted by Crippen LogP contribution is 2.35. The van der Waals surface area contributed by atoms with E-state index in [0.717, 1.165) is 17.4 Å². The number of nitrogens with one attached hydrogen (secondary N) is 1. The van der Waals surface area contributed by atoms with E-state index < -0.39 is 44.3 Å². The molecule has 0 aliphatic carbocycles. The van der Waals surface area contributed by atoms with Gasteiger partial charge in [0.05, 0.1) is 10.5 Å². The summed E-state index contributed by atoms with van der Waals surface area (Å²) in [4.78, 5) is 24.4. The molecule has 1 aromatic carbocycles. The molecule has 2 heterocycles. The first-order valence-corrected chi connectivity index (χ1v) is 11.7. The molecule has 0 radical (unpaired) electrons. The molecule has 174 valence electrons. The maximum absolute atomic E-state index is 12.9. The highest BCUT2D eigenvalue weighted by molar-refractivity contribution is 7.91. The Balaban J connectivity index is 1.66. The number of benzene rings is 1. The zero-order valence-electron chi connectivity index (χ0n) is 16.7. The fourth-order valence-corrected chi connectivity index (χ4v) is 5.80. The van der Waals surface area contributed by atoms with E-state index in [2.05, 4.69) is 5.32 Å². The van der Waals surface area contributed by atoms with Crippen LogP contribution in [0, 0.1) is 10.1 Å². The average Bonchev–Trinajstić information content (AvgIpc) is 3.28. The van der Waals surface area contributed by atoms with E-state index in [1.54, 1.807) is 11.4 Å². The van der Waals surface area contributed by atoms with Crippen LogP contribution in [0.3, 0.4) is 0 Å². The van der Waals surface area contributed by atoms with Crippen molar-refractivity contribution in [3.05, 3.63) is 51.4 Å². The van der Waals surface area contributed by atoms with Gasteiger partial charge in [0.1, 0.15) is 15.9 Å². The van der Waals surface area contributed by atoms with Gasteiger partial charge in [0.15, 0.2) is 0 Å². The Kier molecular flexibility index (Phi) is 6.76. The summed E-state index contributed by atoms with van der Waals surface area (Å²) in [5, 5.41) is 15.5. The SMILES string of the molecule is CC(Nc1ccc(C(F)(F)F)cc1[N+](=O)[O-])C(=O)N1CCN(S(=O)(=O)c2cccs2)CC1. The number of alkyl halides is 3. The zero-order chi connectivity index (χ0) is 23.7. The third-order valence-electron chi connectivity index (χ3n) is 4.90. The molecule has 0 spiro atoms. The predicted molar refractivity (Wildman–Crippen MR) is 111 cm³/mol. The summed E-state index contributed by atoms with van der Waals surface area (Å²) in [6, 6.07) is 4.17. The lowest BCUT2D eigenvalue weighted by atomic mass is 10.1. The number of hydrogen-bond acceptors (Lipinski definition) is 7. The number of sulfonamides is 1. The van der Waals surface area contributed by atoms with Gasteiger partial charge in [0.25, 0.3) is 15.7 Å². The lowest BCUT2D eigenvalue weighted by Crippen LogP contribution is -2.53. The molecule has 1 aliphatic rings. The maximum atomic E-state index is 12.9. The number of nitro benzene ring substituents is 1. The van der Waals surface area contributed by atoms with Crippen molar-refractivity contribution in [3.63, 3.8) is 0 Å². The number of nitrogens with zero attached hydrogens (tertiary/aromatic N) is 3. The third-order valence-corrected chi connectivity index (χ3v) is 8.18. The first-order chi connectivity index (χ1) is 14.9. The van der Waals surface area contributed by atoms with Crippen molar-refractivity contribution in [3.8, 4) is 0 Å². The molecule has 1 amide bonds. The number of nitro groups is 1. The van der Waals surface area contributed by atoms with Crippen LogP contribution >= 0.6 is 11.3 Å². The lowest BCUT2D eigenvalue weighted by molar-refractivity contribution is -0.384. The number of amides is 1. The molecule has 1 saturated heterocycles. The highest BCUT2D eigenvalue weighted by Gasteiger charge is 2.35. The van der Waals surface area contributed by atoms with Crippen LogP contribution in [0.4, 0.5) is 24.5 Å². The highest BCUT2D eigenvalue weighted by atomic mass is 32.2. The van der Waals surface area contributed by atoms with Crippen LogP contribution in [-0.4, -0.2) is 60.7 Å². The van der Waals surface area contributed by atoms with Crippen molar-refractivity contribution in [2.45, 2.75) is 23.4 Å². The first-order valence-electron chi connectivity index (χ1n) is 9.36. The number of halogens is 3. The molecule has 1 aromatic heterocycles. The summed E-state index contributed by atoms with van der Waals surface area (Å²) in [7, 11) is -3.64. The van der Waals surface area contributed by atoms with Crippen molar-refractivity contribution < 1.29 is 31.3 Å². The van der Waals surface area contributed by atoms with Crippen molar-refractivity contribution in [2.75, 3.05) is 31.5 Å². The number of piperazine rings is 1. The Hall–Kier alpha value is -2.71. The third kappa shape index (κ3) is 5.02. The fraction of sp³-hybridized carbons (Fsp3) is 0.389. The Morgan fingerprint density at radius 1 is 1.22 bits per heavy atom. The zero-order valence-corrected chi connectivity index (χ0v) is 18.3. The molecule has 3 rings (SSSR count).